The molecule has 104 valence electrons. The van der Waals surface area contributed by atoms with Gasteiger partial charge < -0.3 is 5.32 Å². The van der Waals surface area contributed by atoms with Crippen molar-refractivity contribution in [2.24, 2.45) is 0 Å². The minimum atomic E-state index is 0.528. The molecule has 2 aromatic rings. The summed E-state index contributed by atoms with van der Waals surface area (Å²) < 4.78 is 0. The molecule has 0 saturated carbocycles. The maximum atomic E-state index is 5.82. The molecular weight excluding hydrogens is 290 g/mol. The van der Waals surface area contributed by atoms with Crippen LogP contribution in [0, 0.1) is 0 Å². The van der Waals surface area contributed by atoms with Crippen LogP contribution in [-0.4, -0.2) is 11.7 Å². The van der Waals surface area contributed by atoms with Crippen LogP contribution in [0.3, 0.4) is 0 Å². The molecule has 0 heterocycles. The SMILES string of the molecule is S=C(NNCCc1ccccc1)Nc1ccc(Cl)cc1. The number of thiocarbonyl (C=S) groups is 1. The van der Waals surface area contributed by atoms with E-state index < -0.39 is 0 Å². The smallest absolute Gasteiger partial charge is 0.185 e. The average Bonchev–Trinajstić information content (AvgIpc) is 2.47. The number of hydrogen-bond acceptors (Lipinski definition) is 2. The number of anilines is 1. The highest BCUT2D eigenvalue weighted by Gasteiger charge is 1.97. The van der Waals surface area contributed by atoms with E-state index in [1.807, 2.05) is 42.5 Å². The molecule has 5 heteroatoms. The predicted molar refractivity (Wildman–Crippen MR) is 89.0 cm³/mol. The van der Waals surface area contributed by atoms with Gasteiger partial charge in [-0.1, -0.05) is 41.9 Å². The lowest BCUT2D eigenvalue weighted by Gasteiger charge is -2.11. The van der Waals surface area contributed by atoms with Crippen LogP contribution in [0.2, 0.25) is 5.02 Å². The third-order valence-corrected chi connectivity index (χ3v) is 3.14. The van der Waals surface area contributed by atoms with Crippen molar-refractivity contribution < 1.29 is 0 Å². The maximum absolute atomic E-state index is 5.82. The summed E-state index contributed by atoms with van der Waals surface area (Å²) in [5.74, 6) is 0. The van der Waals surface area contributed by atoms with Crippen molar-refractivity contribution in [3.05, 3.63) is 65.2 Å². The molecule has 3 nitrogen and oxygen atoms in total. The average molecular weight is 306 g/mol. The minimum absolute atomic E-state index is 0.528. The van der Waals surface area contributed by atoms with Gasteiger partial charge in [0.05, 0.1) is 0 Å². The summed E-state index contributed by atoms with van der Waals surface area (Å²) >= 11 is 11.0. The lowest BCUT2D eigenvalue weighted by atomic mass is 10.2. The molecule has 0 radical (unpaired) electrons. The van der Waals surface area contributed by atoms with E-state index in [0.717, 1.165) is 18.7 Å². The van der Waals surface area contributed by atoms with Crippen molar-refractivity contribution in [1.82, 2.24) is 10.9 Å². The van der Waals surface area contributed by atoms with Crippen LogP contribution in [0.1, 0.15) is 5.56 Å². The normalized spacial score (nSPS) is 10.1. The van der Waals surface area contributed by atoms with Crippen molar-refractivity contribution in [2.75, 3.05) is 11.9 Å². The van der Waals surface area contributed by atoms with E-state index in [-0.39, 0.29) is 0 Å². The number of hydrogen-bond donors (Lipinski definition) is 3. The van der Waals surface area contributed by atoms with Gasteiger partial charge in [0.1, 0.15) is 0 Å². The molecule has 0 unspecified atom stereocenters. The number of nitrogens with one attached hydrogen (secondary N) is 3. The van der Waals surface area contributed by atoms with Crippen LogP contribution in [0.5, 0.6) is 0 Å². The summed E-state index contributed by atoms with van der Waals surface area (Å²) in [5, 5.41) is 4.30. The van der Waals surface area contributed by atoms with Crippen molar-refractivity contribution in [3.8, 4) is 0 Å². The first kappa shape index (κ1) is 14.8. The van der Waals surface area contributed by atoms with Crippen LogP contribution in [-0.2, 0) is 6.42 Å². The minimum Gasteiger partial charge on any atom is -0.332 e. The molecule has 0 aliphatic heterocycles. The molecule has 0 amide bonds. The Balaban J connectivity index is 1.66. The number of hydrazine groups is 1. The lowest BCUT2D eigenvalue weighted by molar-refractivity contribution is 0.655. The van der Waals surface area contributed by atoms with E-state index >= 15 is 0 Å². The van der Waals surface area contributed by atoms with Gasteiger partial charge in [-0.15, -0.1) is 0 Å². The fourth-order valence-electron chi connectivity index (χ4n) is 1.69. The Kier molecular flexibility index (Phi) is 5.80. The standard InChI is InChI=1S/C15H16ClN3S/c16-13-6-8-14(9-7-13)18-15(20)19-17-11-10-12-4-2-1-3-5-12/h1-9,17H,10-11H2,(H2,18,19,20). The molecule has 0 spiro atoms. The van der Waals surface area contributed by atoms with E-state index in [1.165, 1.54) is 5.56 Å². The zero-order chi connectivity index (χ0) is 14.2. The molecule has 0 aromatic heterocycles. The zero-order valence-corrected chi connectivity index (χ0v) is 12.5. The van der Waals surface area contributed by atoms with E-state index in [1.54, 1.807) is 0 Å². The van der Waals surface area contributed by atoms with E-state index in [0.29, 0.717) is 10.1 Å². The van der Waals surface area contributed by atoms with Crippen molar-refractivity contribution in [1.29, 1.82) is 0 Å². The first-order valence-electron chi connectivity index (χ1n) is 6.33. The highest BCUT2D eigenvalue weighted by atomic mass is 35.5. The first-order valence-corrected chi connectivity index (χ1v) is 7.12. The van der Waals surface area contributed by atoms with Crippen molar-refractivity contribution in [2.45, 2.75) is 6.42 Å². The van der Waals surface area contributed by atoms with Gasteiger partial charge in [0.15, 0.2) is 5.11 Å². The molecule has 2 aromatic carbocycles. The number of benzene rings is 2. The predicted octanol–water partition coefficient (Wildman–Crippen LogP) is 3.37. The second-order valence-corrected chi connectivity index (χ2v) is 5.09. The fourth-order valence-corrected chi connectivity index (χ4v) is 2.01. The molecule has 3 N–H and O–H groups in total. The summed E-state index contributed by atoms with van der Waals surface area (Å²) in [4.78, 5) is 0. The summed E-state index contributed by atoms with van der Waals surface area (Å²) in [6.45, 7) is 0.798. The quantitative estimate of drug-likeness (QED) is 0.450. The molecule has 0 atom stereocenters. The second-order valence-electron chi connectivity index (χ2n) is 4.25. The monoisotopic (exact) mass is 305 g/mol. The Morgan fingerprint density at radius 3 is 2.40 bits per heavy atom. The zero-order valence-electron chi connectivity index (χ0n) is 10.9. The molecule has 0 aliphatic carbocycles. The summed E-state index contributed by atoms with van der Waals surface area (Å²) in [7, 11) is 0. The molecule has 0 bridgehead atoms. The Labute approximate surface area is 129 Å². The van der Waals surface area contributed by atoms with E-state index in [4.69, 9.17) is 23.8 Å². The summed E-state index contributed by atoms with van der Waals surface area (Å²) in [5.41, 5.74) is 8.23. The third-order valence-electron chi connectivity index (χ3n) is 2.69. The van der Waals surface area contributed by atoms with Gasteiger partial charge >= 0.3 is 0 Å². The number of halogens is 1. The Morgan fingerprint density at radius 1 is 1.00 bits per heavy atom. The maximum Gasteiger partial charge on any atom is 0.185 e. The topological polar surface area (TPSA) is 36.1 Å². The molecule has 0 aliphatic rings. The van der Waals surface area contributed by atoms with Gasteiger partial charge in [-0.25, -0.2) is 5.43 Å². The molecule has 2 rings (SSSR count). The Morgan fingerprint density at radius 2 is 1.70 bits per heavy atom. The third kappa shape index (κ3) is 5.17. The van der Waals surface area contributed by atoms with Gasteiger partial charge in [0.2, 0.25) is 0 Å². The fraction of sp³-hybridized carbons (Fsp3) is 0.133. The van der Waals surface area contributed by atoms with Crippen LogP contribution in [0.4, 0.5) is 5.69 Å². The molecule has 0 fully saturated rings. The van der Waals surface area contributed by atoms with Crippen LogP contribution < -0.4 is 16.2 Å². The number of rotatable bonds is 5. The molecular formula is C15H16ClN3S. The highest BCUT2D eigenvalue weighted by Crippen LogP contribution is 2.12. The van der Waals surface area contributed by atoms with Crippen molar-refractivity contribution >= 4 is 34.6 Å². The van der Waals surface area contributed by atoms with Crippen LogP contribution in [0.25, 0.3) is 0 Å². The highest BCUT2D eigenvalue weighted by molar-refractivity contribution is 7.80. The van der Waals surface area contributed by atoms with Crippen LogP contribution >= 0.6 is 23.8 Å². The van der Waals surface area contributed by atoms with Crippen molar-refractivity contribution in [3.63, 3.8) is 0 Å². The van der Waals surface area contributed by atoms with Gasteiger partial charge in [-0.2, -0.15) is 0 Å². The summed E-state index contributed by atoms with van der Waals surface area (Å²) in [6, 6.07) is 17.7. The van der Waals surface area contributed by atoms with E-state index in [9.17, 15) is 0 Å². The molecule has 20 heavy (non-hydrogen) atoms. The Bertz CT molecular complexity index is 543. The van der Waals surface area contributed by atoms with Crippen LogP contribution in [0.15, 0.2) is 54.6 Å². The summed E-state index contributed by atoms with van der Waals surface area (Å²) in [6.07, 6.45) is 0.942. The van der Waals surface area contributed by atoms with Gasteiger partial charge in [-0.05, 0) is 48.5 Å². The van der Waals surface area contributed by atoms with Gasteiger partial charge in [0, 0.05) is 17.3 Å². The Hall–Kier alpha value is -1.62. The molecule has 0 saturated heterocycles. The lowest BCUT2D eigenvalue weighted by Crippen LogP contribution is -2.41. The van der Waals surface area contributed by atoms with E-state index in [2.05, 4.69) is 28.3 Å². The van der Waals surface area contributed by atoms with Gasteiger partial charge in [-0.3, -0.25) is 5.43 Å². The second kappa shape index (κ2) is 7.85. The van der Waals surface area contributed by atoms with Gasteiger partial charge in [0.25, 0.3) is 0 Å². The largest absolute Gasteiger partial charge is 0.332 e. The first-order chi connectivity index (χ1) is 9.74.